The molecule has 0 radical (unpaired) electrons. The number of carboxylic acids is 1. The molecule has 2 aromatic heterocycles. The van der Waals surface area contributed by atoms with E-state index in [1.165, 1.54) is 28.7 Å². The summed E-state index contributed by atoms with van der Waals surface area (Å²) in [6, 6.07) is 1.75. The molecule has 0 unspecified atom stereocenters. The lowest BCUT2D eigenvalue weighted by molar-refractivity contribution is -0.131. The predicted molar refractivity (Wildman–Crippen MR) is 79.0 cm³/mol. The van der Waals surface area contributed by atoms with Crippen molar-refractivity contribution in [2.75, 3.05) is 0 Å². The van der Waals surface area contributed by atoms with Gasteiger partial charge in [0.15, 0.2) is 0 Å². The van der Waals surface area contributed by atoms with Crippen LogP contribution in [0.2, 0.25) is 0 Å². The van der Waals surface area contributed by atoms with Gasteiger partial charge in [-0.05, 0) is 24.6 Å². The number of nitrogens with one attached hydrogen (secondary N) is 1. The summed E-state index contributed by atoms with van der Waals surface area (Å²) >= 11 is 2.75. The van der Waals surface area contributed by atoms with Gasteiger partial charge in [0.1, 0.15) is 5.01 Å². The Kier molecular flexibility index (Phi) is 4.65. The van der Waals surface area contributed by atoms with Gasteiger partial charge in [0.2, 0.25) is 0 Å². The van der Waals surface area contributed by atoms with Crippen LogP contribution in [-0.2, 0) is 11.3 Å². The number of thiazole rings is 1. The minimum atomic E-state index is -1.01. The number of amides is 1. The van der Waals surface area contributed by atoms with Gasteiger partial charge in [-0.15, -0.1) is 22.7 Å². The molecule has 1 amide bonds. The van der Waals surface area contributed by atoms with E-state index < -0.39 is 5.97 Å². The highest BCUT2D eigenvalue weighted by atomic mass is 32.1. The Labute approximate surface area is 123 Å². The van der Waals surface area contributed by atoms with Crippen molar-refractivity contribution >= 4 is 40.6 Å². The Balaban J connectivity index is 2.03. The second-order valence-electron chi connectivity index (χ2n) is 3.94. The molecule has 2 aromatic rings. The number of hydrogen-bond donors (Lipinski definition) is 2. The van der Waals surface area contributed by atoms with Crippen molar-refractivity contribution in [1.82, 2.24) is 10.3 Å². The van der Waals surface area contributed by atoms with Crippen molar-refractivity contribution < 1.29 is 14.7 Å². The second-order valence-corrected chi connectivity index (χ2v) is 6.00. The first-order chi connectivity index (χ1) is 9.56. The zero-order chi connectivity index (χ0) is 14.5. The molecule has 2 rings (SSSR count). The molecule has 2 N–H and O–H groups in total. The fourth-order valence-electron chi connectivity index (χ4n) is 1.50. The monoisotopic (exact) mass is 308 g/mol. The lowest BCUT2D eigenvalue weighted by atomic mass is 10.2. The summed E-state index contributed by atoms with van der Waals surface area (Å²) < 4.78 is 0. The number of carbonyl (C=O) groups excluding carboxylic acids is 1. The number of hydrogen-bond acceptors (Lipinski definition) is 5. The van der Waals surface area contributed by atoms with Crippen molar-refractivity contribution in [3.63, 3.8) is 0 Å². The van der Waals surface area contributed by atoms with E-state index in [0.717, 1.165) is 21.5 Å². The Morgan fingerprint density at radius 2 is 2.30 bits per heavy atom. The van der Waals surface area contributed by atoms with Crippen LogP contribution in [0.15, 0.2) is 23.7 Å². The summed E-state index contributed by atoms with van der Waals surface area (Å²) in [6.45, 7) is 2.24. The molecule has 0 atom stereocenters. The normalized spacial score (nSPS) is 10.8. The first-order valence-electron chi connectivity index (χ1n) is 5.74. The lowest BCUT2D eigenvalue weighted by Crippen LogP contribution is -2.21. The van der Waals surface area contributed by atoms with Crippen LogP contribution in [0, 0.1) is 6.92 Å². The first-order valence-corrected chi connectivity index (χ1v) is 7.44. The van der Waals surface area contributed by atoms with E-state index >= 15 is 0 Å². The Bertz CT molecular complexity index is 645. The van der Waals surface area contributed by atoms with Crippen LogP contribution >= 0.6 is 22.7 Å². The number of carbonyl (C=O) groups is 2. The van der Waals surface area contributed by atoms with Gasteiger partial charge in [0.05, 0.1) is 11.4 Å². The van der Waals surface area contributed by atoms with Gasteiger partial charge in [-0.25, -0.2) is 9.78 Å². The standard InChI is InChI=1S/C13H12N2O3S2/c1-8-6-10(20-9(8)2-3-12(16)17)13(18)15-7-11-14-4-5-19-11/h2-6H,7H2,1H3,(H,15,18)(H,16,17)/b3-2+. The van der Waals surface area contributed by atoms with E-state index in [2.05, 4.69) is 10.3 Å². The lowest BCUT2D eigenvalue weighted by Gasteiger charge is -1.99. The van der Waals surface area contributed by atoms with Gasteiger partial charge in [-0.1, -0.05) is 0 Å². The third-order valence-electron chi connectivity index (χ3n) is 2.44. The number of aromatic nitrogens is 1. The van der Waals surface area contributed by atoms with E-state index in [9.17, 15) is 9.59 Å². The van der Waals surface area contributed by atoms with E-state index in [0.29, 0.717) is 11.4 Å². The Morgan fingerprint density at radius 3 is 2.95 bits per heavy atom. The van der Waals surface area contributed by atoms with Crippen LogP contribution in [0.5, 0.6) is 0 Å². The maximum Gasteiger partial charge on any atom is 0.328 e. The maximum atomic E-state index is 12.0. The molecule has 0 saturated heterocycles. The van der Waals surface area contributed by atoms with Crippen LogP contribution < -0.4 is 5.32 Å². The average molecular weight is 308 g/mol. The van der Waals surface area contributed by atoms with E-state index in [1.807, 2.05) is 12.3 Å². The smallest absolute Gasteiger partial charge is 0.328 e. The third-order valence-corrected chi connectivity index (χ3v) is 4.42. The molecule has 0 aliphatic carbocycles. The van der Waals surface area contributed by atoms with Crippen molar-refractivity contribution in [2.24, 2.45) is 0 Å². The van der Waals surface area contributed by atoms with Crippen molar-refractivity contribution in [1.29, 1.82) is 0 Å². The van der Waals surface area contributed by atoms with Gasteiger partial charge in [-0.3, -0.25) is 4.79 Å². The summed E-state index contributed by atoms with van der Waals surface area (Å²) in [7, 11) is 0. The average Bonchev–Trinajstić information content (AvgIpc) is 3.03. The molecule has 0 aromatic carbocycles. The zero-order valence-corrected chi connectivity index (χ0v) is 12.3. The summed E-state index contributed by atoms with van der Waals surface area (Å²) in [5.41, 5.74) is 0.881. The minimum absolute atomic E-state index is 0.178. The molecule has 5 nitrogen and oxygen atoms in total. The number of rotatable bonds is 5. The SMILES string of the molecule is Cc1cc(C(=O)NCc2nccs2)sc1/C=C/C(=O)O. The van der Waals surface area contributed by atoms with E-state index in [4.69, 9.17) is 5.11 Å². The number of carboxylic acid groups (broad SMARTS) is 1. The molecule has 20 heavy (non-hydrogen) atoms. The van der Waals surface area contributed by atoms with Crippen molar-refractivity contribution in [2.45, 2.75) is 13.5 Å². The number of aliphatic carboxylic acids is 1. The predicted octanol–water partition coefficient (Wildman–Crippen LogP) is 2.54. The third kappa shape index (κ3) is 3.75. The molecule has 0 bridgehead atoms. The van der Waals surface area contributed by atoms with Gasteiger partial charge < -0.3 is 10.4 Å². The van der Waals surface area contributed by atoms with Crippen molar-refractivity contribution in [3.05, 3.63) is 44.0 Å². The molecular weight excluding hydrogens is 296 g/mol. The van der Waals surface area contributed by atoms with Crippen LogP contribution in [0.3, 0.4) is 0 Å². The first kappa shape index (κ1) is 14.4. The summed E-state index contributed by atoms with van der Waals surface area (Å²) in [5.74, 6) is -1.18. The minimum Gasteiger partial charge on any atom is -0.478 e. The summed E-state index contributed by atoms with van der Waals surface area (Å²) in [4.78, 5) is 27.9. The number of nitrogens with zero attached hydrogens (tertiary/aromatic N) is 1. The van der Waals surface area contributed by atoms with Crippen molar-refractivity contribution in [3.8, 4) is 0 Å². The maximum absolute atomic E-state index is 12.0. The van der Waals surface area contributed by atoms with Crippen LogP contribution in [0.25, 0.3) is 6.08 Å². The highest BCUT2D eigenvalue weighted by Crippen LogP contribution is 2.23. The van der Waals surface area contributed by atoms with Crippen LogP contribution in [0.4, 0.5) is 0 Å². The van der Waals surface area contributed by atoms with E-state index in [-0.39, 0.29) is 5.91 Å². The molecule has 2 heterocycles. The number of aryl methyl sites for hydroxylation is 1. The zero-order valence-electron chi connectivity index (χ0n) is 10.6. The van der Waals surface area contributed by atoms with Gasteiger partial charge in [-0.2, -0.15) is 0 Å². The molecular formula is C13H12N2O3S2. The van der Waals surface area contributed by atoms with Crippen LogP contribution in [-0.4, -0.2) is 22.0 Å². The molecule has 0 aliphatic heterocycles. The largest absolute Gasteiger partial charge is 0.478 e. The van der Waals surface area contributed by atoms with Gasteiger partial charge >= 0.3 is 5.97 Å². The molecule has 0 fully saturated rings. The molecule has 0 saturated carbocycles. The summed E-state index contributed by atoms with van der Waals surface area (Å²) in [6.07, 6.45) is 4.26. The summed E-state index contributed by atoms with van der Waals surface area (Å²) in [5, 5.41) is 14.1. The topological polar surface area (TPSA) is 79.3 Å². The van der Waals surface area contributed by atoms with Gasteiger partial charge in [0.25, 0.3) is 5.91 Å². The quantitative estimate of drug-likeness (QED) is 0.832. The Morgan fingerprint density at radius 1 is 1.50 bits per heavy atom. The Hall–Kier alpha value is -1.99. The highest BCUT2D eigenvalue weighted by Gasteiger charge is 2.11. The molecule has 0 aliphatic rings. The fraction of sp³-hybridized carbons (Fsp3) is 0.154. The van der Waals surface area contributed by atoms with Crippen LogP contribution in [0.1, 0.15) is 25.1 Å². The van der Waals surface area contributed by atoms with E-state index in [1.54, 1.807) is 12.3 Å². The molecule has 0 spiro atoms. The second kappa shape index (κ2) is 6.44. The molecule has 7 heteroatoms. The molecule has 104 valence electrons. The van der Waals surface area contributed by atoms with Gasteiger partial charge in [0, 0.05) is 22.5 Å². The number of thiophene rings is 1. The fourth-order valence-corrected chi connectivity index (χ4v) is 3.05. The highest BCUT2D eigenvalue weighted by molar-refractivity contribution is 7.15.